The quantitative estimate of drug-likeness (QED) is 0.622. The zero-order valence-corrected chi connectivity index (χ0v) is 12.9. The maximum Gasteiger partial charge on any atom is 0.253 e. The van der Waals surface area contributed by atoms with Crippen LogP contribution in [-0.4, -0.2) is 18.5 Å². The van der Waals surface area contributed by atoms with Crippen LogP contribution in [-0.2, 0) is 16.6 Å². The summed E-state index contributed by atoms with van der Waals surface area (Å²) >= 11 is 0. The van der Waals surface area contributed by atoms with Crippen LogP contribution < -0.4 is 10.3 Å². The number of phenolic OH excluding ortho intramolecular Hbond substituents is 1. The minimum atomic E-state index is -3.62. The van der Waals surface area contributed by atoms with Crippen molar-refractivity contribution in [2.75, 3.05) is 0 Å². The summed E-state index contributed by atoms with van der Waals surface area (Å²) in [5.41, 5.74) is 4.01. The van der Waals surface area contributed by atoms with E-state index in [2.05, 4.69) is 15.2 Å². The average Bonchev–Trinajstić information content (AvgIpc) is 2.58. The van der Waals surface area contributed by atoms with Gasteiger partial charge in [-0.3, -0.25) is 4.98 Å². The number of pyridine rings is 1. The van der Waals surface area contributed by atoms with Crippen LogP contribution in [0, 0.1) is 0 Å². The zero-order valence-electron chi connectivity index (χ0n) is 12.1. The van der Waals surface area contributed by atoms with Crippen molar-refractivity contribution in [3.63, 3.8) is 0 Å². The van der Waals surface area contributed by atoms with Gasteiger partial charge in [0, 0.05) is 18.1 Å². The molecule has 23 heavy (non-hydrogen) atoms. The van der Waals surface area contributed by atoms with Gasteiger partial charge < -0.3 is 5.11 Å². The first-order chi connectivity index (χ1) is 11.1. The van der Waals surface area contributed by atoms with Gasteiger partial charge in [0.1, 0.15) is 11.3 Å². The number of aromatic nitrogens is 1. The fourth-order valence-corrected chi connectivity index (χ4v) is 3.15. The van der Waals surface area contributed by atoms with E-state index >= 15 is 0 Å². The number of hydrogen-bond acceptors (Lipinski definition) is 5. The van der Waals surface area contributed by atoms with Gasteiger partial charge in [0.2, 0.25) is 0 Å². The fraction of sp³-hybridized carbons (Fsp3) is 0.0625. The highest BCUT2D eigenvalue weighted by molar-refractivity contribution is 7.89. The first-order valence-corrected chi connectivity index (χ1v) is 8.41. The summed E-state index contributed by atoms with van der Waals surface area (Å²) in [6, 6.07) is 15.0. The highest BCUT2D eigenvalue weighted by Gasteiger charge is 2.13. The molecule has 2 aromatic carbocycles. The van der Waals surface area contributed by atoms with Crippen molar-refractivity contribution in [3.05, 3.63) is 66.4 Å². The maximum atomic E-state index is 12.1. The molecule has 0 amide bonds. The molecule has 6 nitrogen and oxygen atoms in total. The molecule has 1 aromatic heterocycles. The van der Waals surface area contributed by atoms with Gasteiger partial charge in [-0.05, 0) is 29.8 Å². The molecule has 0 aliphatic heterocycles. The monoisotopic (exact) mass is 329 g/mol. The Labute approximate surface area is 133 Å². The molecule has 0 aliphatic carbocycles. The molecule has 118 valence electrons. The van der Waals surface area contributed by atoms with E-state index in [0.29, 0.717) is 5.52 Å². The summed E-state index contributed by atoms with van der Waals surface area (Å²) < 4.78 is 24.2. The van der Waals surface area contributed by atoms with E-state index in [0.717, 1.165) is 10.9 Å². The van der Waals surface area contributed by atoms with Crippen molar-refractivity contribution in [3.8, 4) is 5.75 Å². The Hall–Kier alpha value is -2.48. The maximum absolute atomic E-state index is 12.1. The van der Waals surface area contributed by atoms with E-state index in [1.807, 2.05) is 6.07 Å². The third-order valence-electron chi connectivity index (χ3n) is 3.38. The number of sulfonamides is 1. The van der Waals surface area contributed by atoms with Crippen LogP contribution in [0.2, 0.25) is 0 Å². The van der Waals surface area contributed by atoms with Crippen molar-refractivity contribution in [2.45, 2.75) is 11.4 Å². The second kappa shape index (κ2) is 6.33. The molecule has 1 heterocycles. The SMILES string of the molecule is O=S(=O)(NNCc1ccc(O)c2ncccc12)c1ccccc1. The van der Waals surface area contributed by atoms with Crippen molar-refractivity contribution in [1.29, 1.82) is 0 Å². The number of nitrogens with zero attached hydrogens (tertiary/aromatic N) is 1. The minimum absolute atomic E-state index is 0.0919. The molecular weight excluding hydrogens is 314 g/mol. The molecule has 0 saturated heterocycles. The van der Waals surface area contributed by atoms with Gasteiger partial charge in [0.05, 0.1) is 4.90 Å². The molecule has 0 aliphatic rings. The lowest BCUT2D eigenvalue weighted by atomic mass is 10.1. The van der Waals surface area contributed by atoms with Gasteiger partial charge >= 0.3 is 0 Å². The second-order valence-corrected chi connectivity index (χ2v) is 6.60. The molecule has 7 heteroatoms. The molecule has 3 aromatic rings. The Morgan fingerprint density at radius 3 is 2.57 bits per heavy atom. The molecule has 0 spiro atoms. The summed E-state index contributed by atoms with van der Waals surface area (Å²) in [7, 11) is -3.62. The molecule has 0 fully saturated rings. The Bertz CT molecular complexity index is 928. The van der Waals surface area contributed by atoms with Gasteiger partial charge in [-0.15, -0.1) is 4.83 Å². The number of fused-ring (bicyclic) bond motifs is 1. The number of hydrogen-bond donors (Lipinski definition) is 3. The second-order valence-electron chi connectivity index (χ2n) is 4.92. The number of aromatic hydroxyl groups is 1. The Morgan fingerprint density at radius 1 is 1.00 bits per heavy atom. The predicted octanol–water partition coefficient (Wildman–Crippen LogP) is 1.92. The van der Waals surface area contributed by atoms with Crippen LogP contribution in [0.25, 0.3) is 10.9 Å². The van der Waals surface area contributed by atoms with Gasteiger partial charge in [-0.25, -0.2) is 13.8 Å². The molecule has 0 saturated carbocycles. The Balaban J connectivity index is 1.76. The van der Waals surface area contributed by atoms with E-state index in [4.69, 9.17) is 0 Å². The summed E-state index contributed by atoms with van der Waals surface area (Å²) in [5.74, 6) is 0.0919. The molecule has 0 bridgehead atoms. The molecular formula is C16H15N3O3S. The number of nitrogens with one attached hydrogen (secondary N) is 2. The highest BCUT2D eigenvalue weighted by Crippen LogP contribution is 2.25. The van der Waals surface area contributed by atoms with Crippen molar-refractivity contribution < 1.29 is 13.5 Å². The largest absolute Gasteiger partial charge is 0.506 e. The lowest BCUT2D eigenvalue weighted by Crippen LogP contribution is -2.36. The van der Waals surface area contributed by atoms with E-state index in [1.54, 1.807) is 36.5 Å². The third-order valence-corrected chi connectivity index (χ3v) is 4.68. The number of phenols is 1. The number of rotatable bonds is 5. The van der Waals surface area contributed by atoms with Crippen molar-refractivity contribution in [1.82, 2.24) is 15.2 Å². The van der Waals surface area contributed by atoms with Crippen LogP contribution in [0.1, 0.15) is 5.56 Å². The van der Waals surface area contributed by atoms with Gasteiger partial charge in [-0.1, -0.05) is 30.3 Å². The third kappa shape index (κ3) is 3.31. The Kier molecular flexibility index (Phi) is 4.24. The lowest BCUT2D eigenvalue weighted by molar-refractivity contribution is 0.480. The minimum Gasteiger partial charge on any atom is -0.506 e. The van der Waals surface area contributed by atoms with Crippen molar-refractivity contribution in [2.24, 2.45) is 0 Å². The summed E-state index contributed by atoms with van der Waals surface area (Å²) in [6.45, 7) is 0.258. The molecule has 0 radical (unpaired) electrons. The van der Waals surface area contributed by atoms with Gasteiger partial charge in [0.25, 0.3) is 10.0 Å². The predicted molar refractivity (Wildman–Crippen MR) is 87.0 cm³/mol. The number of hydrazine groups is 1. The smallest absolute Gasteiger partial charge is 0.253 e. The normalized spacial score (nSPS) is 11.7. The lowest BCUT2D eigenvalue weighted by Gasteiger charge is -2.10. The number of benzene rings is 2. The van der Waals surface area contributed by atoms with Gasteiger partial charge in [-0.2, -0.15) is 0 Å². The van der Waals surface area contributed by atoms with Crippen LogP contribution in [0.15, 0.2) is 65.7 Å². The summed E-state index contributed by atoms with van der Waals surface area (Å²) in [6.07, 6.45) is 1.59. The standard InChI is InChI=1S/C16H15N3O3S/c20-15-9-8-12(14-7-4-10-17-16(14)15)11-18-19-23(21,22)13-5-2-1-3-6-13/h1-10,18-20H,11H2. The van der Waals surface area contributed by atoms with Crippen LogP contribution in [0.4, 0.5) is 0 Å². The topological polar surface area (TPSA) is 91.3 Å². The van der Waals surface area contributed by atoms with Gasteiger partial charge in [0.15, 0.2) is 0 Å². The first kappa shape index (κ1) is 15.4. The zero-order chi connectivity index (χ0) is 16.3. The molecule has 0 unspecified atom stereocenters. The van der Waals surface area contributed by atoms with E-state index < -0.39 is 10.0 Å². The summed E-state index contributed by atoms with van der Waals surface area (Å²) in [4.78, 5) is 6.66. The highest BCUT2D eigenvalue weighted by atomic mass is 32.2. The van der Waals surface area contributed by atoms with E-state index in [-0.39, 0.29) is 17.2 Å². The Morgan fingerprint density at radius 2 is 1.78 bits per heavy atom. The van der Waals surface area contributed by atoms with E-state index in [1.165, 1.54) is 18.2 Å². The first-order valence-electron chi connectivity index (χ1n) is 6.93. The van der Waals surface area contributed by atoms with Crippen LogP contribution >= 0.6 is 0 Å². The molecule has 3 N–H and O–H groups in total. The van der Waals surface area contributed by atoms with Crippen LogP contribution in [0.5, 0.6) is 5.75 Å². The summed E-state index contributed by atoms with van der Waals surface area (Å²) in [5, 5.41) is 10.6. The molecule has 0 atom stereocenters. The van der Waals surface area contributed by atoms with Crippen molar-refractivity contribution >= 4 is 20.9 Å². The average molecular weight is 329 g/mol. The fourth-order valence-electron chi connectivity index (χ4n) is 2.26. The van der Waals surface area contributed by atoms with Crippen LogP contribution in [0.3, 0.4) is 0 Å². The van der Waals surface area contributed by atoms with E-state index in [9.17, 15) is 13.5 Å². The molecule has 3 rings (SSSR count).